The van der Waals surface area contributed by atoms with Gasteiger partial charge >= 0.3 is 0 Å². The molecule has 25 heavy (non-hydrogen) atoms. The summed E-state index contributed by atoms with van der Waals surface area (Å²) in [6, 6.07) is 8.40. The molecular weight excluding hydrogens is 315 g/mol. The molecule has 2 aromatic heterocycles. The maximum Gasteiger partial charge on any atom is 0.142 e. The first-order valence-corrected chi connectivity index (χ1v) is 8.34. The van der Waals surface area contributed by atoms with E-state index in [0.717, 1.165) is 45.4 Å². The van der Waals surface area contributed by atoms with Gasteiger partial charge in [-0.3, -0.25) is 4.79 Å². The molecule has 0 bridgehead atoms. The number of benzene rings is 1. The zero-order valence-electron chi connectivity index (χ0n) is 14.9. The van der Waals surface area contributed by atoms with Crippen molar-refractivity contribution in [2.75, 3.05) is 0 Å². The Morgan fingerprint density at radius 3 is 2.44 bits per heavy atom. The monoisotopic (exact) mass is 336 g/mol. The second-order valence-electron chi connectivity index (χ2n) is 6.56. The highest BCUT2D eigenvalue weighted by molar-refractivity contribution is 5.84. The van der Waals surface area contributed by atoms with E-state index in [9.17, 15) is 9.18 Å². The summed E-state index contributed by atoms with van der Waals surface area (Å²) in [6.07, 6.45) is 4.05. The van der Waals surface area contributed by atoms with Crippen molar-refractivity contribution in [3.8, 4) is 11.3 Å². The number of carbonyl (C=O) groups is 1. The molecule has 4 heteroatoms. The molecular formula is C21H21FN2O. The molecule has 0 atom stereocenters. The third-order valence-electron chi connectivity index (χ3n) is 4.38. The van der Waals surface area contributed by atoms with Crippen molar-refractivity contribution >= 4 is 17.9 Å². The average Bonchev–Trinajstić information content (AvgIpc) is 2.86. The van der Waals surface area contributed by atoms with E-state index in [-0.39, 0.29) is 11.7 Å². The van der Waals surface area contributed by atoms with E-state index in [1.165, 1.54) is 18.2 Å². The van der Waals surface area contributed by atoms with E-state index in [1.54, 1.807) is 18.2 Å². The van der Waals surface area contributed by atoms with Crippen LogP contribution < -0.4 is 0 Å². The highest BCUT2D eigenvalue weighted by Gasteiger charge is 2.20. The lowest BCUT2D eigenvalue weighted by molar-refractivity contribution is -0.104. The molecule has 3 aromatic rings. The maximum absolute atomic E-state index is 13.3. The molecule has 128 valence electrons. The first kappa shape index (κ1) is 17.1. The van der Waals surface area contributed by atoms with E-state index in [2.05, 4.69) is 26.8 Å². The van der Waals surface area contributed by atoms with Gasteiger partial charge < -0.3 is 0 Å². The third-order valence-corrected chi connectivity index (χ3v) is 4.38. The van der Waals surface area contributed by atoms with Crippen LogP contribution in [0, 0.1) is 19.7 Å². The Kier molecular flexibility index (Phi) is 4.53. The van der Waals surface area contributed by atoms with Gasteiger partial charge in [-0.15, -0.1) is 0 Å². The molecule has 0 spiro atoms. The SMILES string of the molecule is Cc1cc(C)n2nc(-c3ccc(F)cc3)c(/C=C/C=O)c(C(C)C)c12. The summed E-state index contributed by atoms with van der Waals surface area (Å²) in [6.45, 7) is 8.35. The Morgan fingerprint density at radius 2 is 1.84 bits per heavy atom. The summed E-state index contributed by atoms with van der Waals surface area (Å²) in [4.78, 5) is 10.9. The van der Waals surface area contributed by atoms with Gasteiger partial charge in [-0.2, -0.15) is 5.10 Å². The number of rotatable bonds is 4. The molecule has 0 aliphatic heterocycles. The molecule has 0 saturated carbocycles. The summed E-state index contributed by atoms with van der Waals surface area (Å²) in [5.41, 5.74) is 6.88. The fourth-order valence-corrected chi connectivity index (χ4v) is 3.36. The molecule has 0 N–H and O–H groups in total. The van der Waals surface area contributed by atoms with Gasteiger partial charge in [0.25, 0.3) is 0 Å². The Bertz CT molecular complexity index is 966. The van der Waals surface area contributed by atoms with E-state index in [4.69, 9.17) is 5.10 Å². The van der Waals surface area contributed by atoms with Crippen LogP contribution in [0.15, 0.2) is 36.4 Å². The summed E-state index contributed by atoms with van der Waals surface area (Å²) in [5.74, 6) is -0.0455. The predicted octanol–water partition coefficient (Wildman–Crippen LogP) is 5.09. The van der Waals surface area contributed by atoms with Crippen molar-refractivity contribution in [1.82, 2.24) is 9.61 Å². The lowest BCUT2D eigenvalue weighted by Gasteiger charge is -2.18. The molecule has 0 aliphatic carbocycles. The lowest BCUT2D eigenvalue weighted by atomic mass is 9.92. The zero-order valence-corrected chi connectivity index (χ0v) is 14.9. The summed E-state index contributed by atoms with van der Waals surface area (Å²) in [5, 5.41) is 4.82. The van der Waals surface area contributed by atoms with E-state index < -0.39 is 0 Å². The maximum atomic E-state index is 13.3. The number of aryl methyl sites for hydroxylation is 2. The van der Waals surface area contributed by atoms with Crippen molar-refractivity contribution in [3.63, 3.8) is 0 Å². The second kappa shape index (κ2) is 6.63. The summed E-state index contributed by atoms with van der Waals surface area (Å²) < 4.78 is 15.3. The van der Waals surface area contributed by atoms with Gasteiger partial charge in [0.2, 0.25) is 0 Å². The van der Waals surface area contributed by atoms with Gasteiger partial charge in [-0.25, -0.2) is 8.91 Å². The van der Waals surface area contributed by atoms with Gasteiger partial charge in [0, 0.05) is 16.8 Å². The Morgan fingerprint density at radius 1 is 1.16 bits per heavy atom. The van der Waals surface area contributed by atoms with Crippen LogP contribution in [-0.4, -0.2) is 15.9 Å². The molecule has 0 radical (unpaired) electrons. The Labute approximate surface area is 146 Å². The number of aldehydes is 1. The topological polar surface area (TPSA) is 34.4 Å². The van der Waals surface area contributed by atoms with Crippen LogP contribution in [0.1, 0.15) is 42.1 Å². The van der Waals surface area contributed by atoms with E-state index >= 15 is 0 Å². The highest BCUT2D eigenvalue weighted by Crippen LogP contribution is 2.35. The molecule has 3 nitrogen and oxygen atoms in total. The number of hydrogen-bond donors (Lipinski definition) is 0. The number of hydrogen-bond acceptors (Lipinski definition) is 2. The quantitative estimate of drug-likeness (QED) is 0.491. The fraction of sp³-hybridized carbons (Fsp3) is 0.238. The minimum Gasteiger partial charge on any atom is -0.299 e. The normalized spacial score (nSPS) is 11.8. The van der Waals surface area contributed by atoms with Gasteiger partial charge in [0.05, 0.1) is 11.2 Å². The molecule has 0 amide bonds. The molecule has 0 saturated heterocycles. The zero-order chi connectivity index (χ0) is 18.1. The van der Waals surface area contributed by atoms with Crippen LogP contribution in [-0.2, 0) is 4.79 Å². The first-order chi connectivity index (χ1) is 11.9. The van der Waals surface area contributed by atoms with Crippen molar-refractivity contribution in [2.45, 2.75) is 33.6 Å². The van der Waals surface area contributed by atoms with E-state index in [1.807, 2.05) is 11.4 Å². The summed E-state index contributed by atoms with van der Waals surface area (Å²) >= 11 is 0. The van der Waals surface area contributed by atoms with Gasteiger partial charge in [-0.1, -0.05) is 13.8 Å². The van der Waals surface area contributed by atoms with Crippen molar-refractivity contribution in [3.05, 3.63) is 64.6 Å². The number of fused-ring (bicyclic) bond motifs is 1. The Balaban J connectivity index is 2.45. The molecule has 3 rings (SSSR count). The van der Waals surface area contributed by atoms with Crippen LogP contribution in [0.4, 0.5) is 4.39 Å². The van der Waals surface area contributed by atoms with Crippen molar-refractivity contribution < 1.29 is 9.18 Å². The Hall–Kier alpha value is -2.75. The number of nitrogens with zero attached hydrogens (tertiary/aromatic N) is 2. The largest absolute Gasteiger partial charge is 0.299 e. The smallest absolute Gasteiger partial charge is 0.142 e. The average molecular weight is 336 g/mol. The number of halogens is 1. The molecule has 0 aliphatic rings. The minimum atomic E-state index is -0.285. The summed E-state index contributed by atoms with van der Waals surface area (Å²) in [7, 11) is 0. The predicted molar refractivity (Wildman–Crippen MR) is 99.2 cm³/mol. The standard InChI is InChI=1S/C21H21FN2O/c1-13(2)19-18(6-5-11-25)20(16-7-9-17(22)10-8-16)23-24-15(4)12-14(3)21(19)24/h5-13H,1-4H3/b6-5+. The van der Waals surface area contributed by atoms with Gasteiger partial charge in [0.1, 0.15) is 12.1 Å². The van der Waals surface area contributed by atoms with Gasteiger partial charge in [0.15, 0.2) is 0 Å². The van der Waals surface area contributed by atoms with Crippen LogP contribution in [0.3, 0.4) is 0 Å². The fourth-order valence-electron chi connectivity index (χ4n) is 3.36. The second-order valence-corrected chi connectivity index (χ2v) is 6.56. The van der Waals surface area contributed by atoms with Gasteiger partial charge in [-0.05, 0) is 73.4 Å². The van der Waals surface area contributed by atoms with Crippen molar-refractivity contribution in [1.29, 1.82) is 0 Å². The molecule has 1 aromatic carbocycles. The molecule has 0 fully saturated rings. The van der Waals surface area contributed by atoms with Crippen LogP contribution in [0.25, 0.3) is 22.9 Å². The van der Waals surface area contributed by atoms with Crippen LogP contribution >= 0.6 is 0 Å². The van der Waals surface area contributed by atoms with E-state index in [0.29, 0.717) is 0 Å². The first-order valence-electron chi connectivity index (χ1n) is 8.34. The van der Waals surface area contributed by atoms with Crippen molar-refractivity contribution in [2.24, 2.45) is 0 Å². The number of aromatic nitrogens is 2. The molecule has 2 heterocycles. The third kappa shape index (κ3) is 3.00. The number of allylic oxidation sites excluding steroid dienone is 1. The molecule has 0 unspecified atom stereocenters. The highest BCUT2D eigenvalue weighted by atomic mass is 19.1. The lowest BCUT2D eigenvalue weighted by Crippen LogP contribution is -2.06. The van der Waals surface area contributed by atoms with Crippen LogP contribution in [0.5, 0.6) is 0 Å². The minimum absolute atomic E-state index is 0.240. The number of carbonyl (C=O) groups excluding carboxylic acids is 1. The van der Waals surface area contributed by atoms with Crippen LogP contribution in [0.2, 0.25) is 0 Å².